The summed E-state index contributed by atoms with van der Waals surface area (Å²) >= 11 is 0. The second-order valence-corrected chi connectivity index (χ2v) is 3.39. The number of nitrogens with zero attached hydrogens (tertiary/aromatic N) is 1. The molecule has 2 atom stereocenters. The quantitative estimate of drug-likeness (QED) is 0.599. The summed E-state index contributed by atoms with van der Waals surface area (Å²) in [6, 6.07) is 0. The van der Waals surface area contributed by atoms with Gasteiger partial charge in [0.1, 0.15) is 0 Å². The average molecular weight is 158 g/mol. The third-order valence-corrected chi connectivity index (χ3v) is 2.48. The van der Waals surface area contributed by atoms with Gasteiger partial charge in [-0.05, 0) is 24.9 Å². The average Bonchev–Trinajstić information content (AvgIpc) is 2.37. The topological polar surface area (TPSA) is 24.5 Å². The van der Waals surface area contributed by atoms with Crippen molar-refractivity contribution in [3.05, 3.63) is 0 Å². The summed E-state index contributed by atoms with van der Waals surface area (Å²) in [7, 11) is 3.69. The first-order valence-electron chi connectivity index (χ1n) is 4.20. The summed E-state index contributed by atoms with van der Waals surface area (Å²) in [5.41, 5.74) is 0. The summed E-state index contributed by atoms with van der Waals surface area (Å²) in [6.07, 6.45) is 0. The Bertz CT molecular complexity index is 119. The van der Waals surface area contributed by atoms with E-state index < -0.39 is 0 Å². The highest BCUT2D eigenvalue weighted by Gasteiger charge is 2.23. The Morgan fingerprint density at radius 3 is 2.73 bits per heavy atom. The molecule has 1 saturated heterocycles. The molecule has 0 spiro atoms. The van der Waals surface area contributed by atoms with Crippen LogP contribution in [0.4, 0.5) is 0 Å². The maximum Gasteiger partial charge on any atom is 0.0575 e. The predicted molar refractivity (Wildman–Crippen MR) is 45.2 cm³/mol. The van der Waals surface area contributed by atoms with Gasteiger partial charge in [-0.25, -0.2) is 0 Å². The molecular weight excluding hydrogens is 140 g/mol. The molecule has 11 heavy (non-hydrogen) atoms. The van der Waals surface area contributed by atoms with E-state index in [1.807, 2.05) is 12.1 Å². The Labute approximate surface area is 68.7 Å². The molecule has 1 rings (SSSR count). The number of hydrogen-bond donors (Lipinski definition) is 1. The highest BCUT2D eigenvalue weighted by molar-refractivity contribution is 4.78. The SMILES string of the molecule is CON(C)CC1CNCC1C. The standard InChI is InChI=1S/C8H18N2O/c1-7-4-9-5-8(7)6-10(2)11-3/h7-9H,4-6H2,1-3H3. The van der Waals surface area contributed by atoms with Crippen LogP contribution in [0.5, 0.6) is 0 Å². The lowest BCUT2D eigenvalue weighted by Crippen LogP contribution is -2.28. The molecule has 0 aromatic heterocycles. The number of hydroxylamine groups is 2. The van der Waals surface area contributed by atoms with Crippen LogP contribution >= 0.6 is 0 Å². The Morgan fingerprint density at radius 1 is 1.55 bits per heavy atom. The van der Waals surface area contributed by atoms with Gasteiger partial charge in [0.25, 0.3) is 0 Å². The van der Waals surface area contributed by atoms with Gasteiger partial charge in [0.05, 0.1) is 7.11 Å². The molecule has 0 radical (unpaired) electrons. The van der Waals surface area contributed by atoms with E-state index in [2.05, 4.69) is 12.2 Å². The van der Waals surface area contributed by atoms with Gasteiger partial charge >= 0.3 is 0 Å². The Morgan fingerprint density at radius 2 is 2.27 bits per heavy atom. The maximum atomic E-state index is 5.07. The second kappa shape index (κ2) is 4.04. The second-order valence-electron chi connectivity index (χ2n) is 3.39. The van der Waals surface area contributed by atoms with Gasteiger partial charge in [-0.2, -0.15) is 5.06 Å². The highest BCUT2D eigenvalue weighted by Crippen LogP contribution is 2.16. The molecule has 0 saturated carbocycles. The smallest absolute Gasteiger partial charge is 0.0575 e. The lowest BCUT2D eigenvalue weighted by Gasteiger charge is -2.20. The van der Waals surface area contributed by atoms with Crippen molar-refractivity contribution in [2.45, 2.75) is 6.92 Å². The fraction of sp³-hybridized carbons (Fsp3) is 1.00. The lowest BCUT2D eigenvalue weighted by molar-refractivity contribution is -0.118. The van der Waals surface area contributed by atoms with Crippen LogP contribution in [0.1, 0.15) is 6.92 Å². The van der Waals surface area contributed by atoms with Crippen LogP contribution in [0.25, 0.3) is 0 Å². The van der Waals surface area contributed by atoms with Gasteiger partial charge in [0.15, 0.2) is 0 Å². The third-order valence-electron chi connectivity index (χ3n) is 2.48. The van der Waals surface area contributed by atoms with Gasteiger partial charge in [0.2, 0.25) is 0 Å². The van der Waals surface area contributed by atoms with Crippen LogP contribution in [-0.4, -0.2) is 38.9 Å². The number of rotatable bonds is 3. The summed E-state index contributed by atoms with van der Waals surface area (Å²) in [5, 5.41) is 5.27. The van der Waals surface area contributed by atoms with E-state index in [4.69, 9.17) is 4.84 Å². The third kappa shape index (κ3) is 2.43. The van der Waals surface area contributed by atoms with Crippen molar-refractivity contribution in [1.29, 1.82) is 0 Å². The minimum Gasteiger partial charge on any atom is -0.316 e. The van der Waals surface area contributed by atoms with Crippen molar-refractivity contribution in [2.24, 2.45) is 11.8 Å². The molecule has 1 fully saturated rings. The van der Waals surface area contributed by atoms with Crippen molar-refractivity contribution >= 4 is 0 Å². The van der Waals surface area contributed by atoms with Crippen molar-refractivity contribution in [3.8, 4) is 0 Å². The zero-order chi connectivity index (χ0) is 8.27. The van der Waals surface area contributed by atoms with Crippen molar-refractivity contribution < 1.29 is 4.84 Å². The van der Waals surface area contributed by atoms with Gasteiger partial charge in [0, 0.05) is 13.6 Å². The first-order chi connectivity index (χ1) is 5.24. The molecule has 1 N–H and O–H groups in total. The Balaban J connectivity index is 2.24. The van der Waals surface area contributed by atoms with Gasteiger partial charge in [-0.15, -0.1) is 0 Å². The molecule has 2 unspecified atom stereocenters. The molecule has 1 heterocycles. The van der Waals surface area contributed by atoms with Crippen molar-refractivity contribution in [2.75, 3.05) is 33.8 Å². The number of hydrogen-bond acceptors (Lipinski definition) is 3. The van der Waals surface area contributed by atoms with E-state index in [0.29, 0.717) is 0 Å². The molecular formula is C8H18N2O. The molecule has 0 aliphatic carbocycles. The van der Waals surface area contributed by atoms with Crippen LogP contribution in [0.15, 0.2) is 0 Å². The van der Waals surface area contributed by atoms with Crippen molar-refractivity contribution in [1.82, 2.24) is 10.4 Å². The molecule has 3 heteroatoms. The van der Waals surface area contributed by atoms with Crippen LogP contribution in [0.2, 0.25) is 0 Å². The van der Waals surface area contributed by atoms with E-state index in [1.165, 1.54) is 0 Å². The molecule has 0 amide bonds. The van der Waals surface area contributed by atoms with E-state index in [9.17, 15) is 0 Å². The molecule has 0 aromatic carbocycles. The predicted octanol–water partition coefficient (Wildman–Crippen LogP) is 0.335. The Kier molecular flexibility index (Phi) is 3.30. The molecule has 1 aliphatic heterocycles. The van der Waals surface area contributed by atoms with Crippen LogP contribution in [-0.2, 0) is 4.84 Å². The summed E-state index contributed by atoms with van der Waals surface area (Å²) in [6.45, 7) is 5.61. The highest BCUT2D eigenvalue weighted by atomic mass is 16.7. The molecule has 3 nitrogen and oxygen atoms in total. The summed E-state index contributed by atoms with van der Waals surface area (Å²) in [5.74, 6) is 1.53. The monoisotopic (exact) mass is 158 g/mol. The van der Waals surface area contributed by atoms with Gasteiger partial charge in [-0.3, -0.25) is 0 Å². The first kappa shape index (κ1) is 8.97. The van der Waals surface area contributed by atoms with E-state index in [-0.39, 0.29) is 0 Å². The minimum absolute atomic E-state index is 0.750. The summed E-state index contributed by atoms with van der Waals surface area (Å²) in [4.78, 5) is 5.07. The summed E-state index contributed by atoms with van der Waals surface area (Å²) < 4.78 is 0. The lowest BCUT2D eigenvalue weighted by atomic mass is 9.98. The van der Waals surface area contributed by atoms with E-state index in [1.54, 1.807) is 7.11 Å². The Hall–Kier alpha value is -0.120. The van der Waals surface area contributed by atoms with Crippen LogP contribution in [0.3, 0.4) is 0 Å². The normalized spacial score (nSPS) is 31.6. The first-order valence-corrected chi connectivity index (χ1v) is 4.20. The van der Waals surface area contributed by atoms with Gasteiger partial charge in [-0.1, -0.05) is 6.92 Å². The van der Waals surface area contributed by atoms with Crippen molar-refractivity contribution in [3.63, 3.8) is 0 Å². The van der Waals surface area contributed by atoms with E-state index in [0.717, 1.165) is 31.5 Å². The fourth-order valence-electron chi connectivity index (χ4n) is 1.51. The van der Waals surface area contributed by atoms with Crippen LogP contribution < -0.4 is 5.32 Å². The molecule has 0 bridgehead atoms. The molecule has 66 valence electrons. The zero-order valence-electron chi connectivity index (χ0n) is 7.63. The molecule has 0 aromatic rings. The number of nitrogens with one attached hydrogen (secondary N) is 1. The van der Waals surface area contributed by atoms with Crippen LogP contribution in [0, 0.1) is 11.8 Å². The maximum absolute atomic E-state index is 5.07. The van der Waals surface area contributed by atoms with Gasteiger partial charge < -0.3 is 10.2 Å². The fourth-order valence-corrected chi connectivity index (χ4v) is 1.51. The molecule has 1 aliphatic rings. The zero-order valence-corrected chi connectivity index (χ0v) is 7.63. The minimum atomic E-state index is 0.750. The largest absolute Gasteiger partial charge is 0.316 e. The van der Waals surface area contributed by atoms with E-state index >= 15 is 0 Å².